The molecule has 4 nitrogen and oxygen atoms in total. The molecular weight excluding hydrogens is 481 g/mol. The minimum Gasteiger partial charge on any atom is -0.406 e. The number of hydrogen-bond acceptors (Lipinski definition) is 3. The van der Waals surface area contributed by atoms with Crippen molar-refractivity contribution < 1.29 is 40.6 Å². The van der Waals surface area contributed by atoms with Gasteiger partial charge in [-0.05, 0) is 54.5 Å². The van der Waals surface area contributed by atoms with E-state index in [-0.39, 0.29) is 19.3 Å². The van der Waals surface area contributed by atoms with Crippen LogP contribution >= 0.6 is 0 Å². The Bertz CT molecular complexity index is 1220. The van der Waals surface area contributed by atoms with Gasteiger partial charge in [-0.15, -0.1) is 13.2 Å². The van der Waals surface area contributed by atoms with Crippen LogP contribution in [0, 0.1) is 17.0 Å². The summed E-state index contributed by atoms with van der Waals surface area (Å²) >= 11 is 0. The predicted molar refractivity (Wildman–Crippen MR) is 109 cm³/mol. The monoisotopic (exact) mass is 500 g/mol. The zero-order valence-electron chi connectivity index (χ0n) is 18.0. The molecule has 3 fully saturated rings. The number of benzene rings is 2. The van der Waals surface area contributed by atoms with Crippen LogP contribution in [-0.2, 0) is 17.6 Å². The Balaban J connectivity index is 1.43. The van der Waals surface area contributed by atoms with Gasteiger partial charge in [-0.3, -0.25) is 0 Å². The van der Waals surface area contributed by atoms with E-state index in [4.69, 9.17) is 0 Å². The number of nitrogens with zero attached hydrogens (tertiary/aromatic N) is 2. The topological polar surface area (TPSA) is 47.3 Å². The number of aromatic nitrogens is 2. The number of ether oxygens (including phenoxy) is 1. The lowest BCUT2D eigenvalue weighted by Gasteiger charge is -2.74. The van der Waals surface area contributed by atoms with Gasteiger partial charge in [0.2, 0.25) is 0 Å². The Morgan fingerprint density at radius 2 is 1.63 bits per heavy atom. The van der Waals surface area contributed by atoms with Crippen LogP contribution in [0.4, 0.5) is 30.7 Å². The van der Waals surface area contributed by atoms with Gasteiger partial charge in [0.1, 0.15) is 17.4 Å². The molecule has 35 heavy (non-hydrogen) atoms. The molecule has 1 atom stereocenters. The number of imidazole rings is 1. The Labute approximate surface area is 195 Å². The molecule has 0 unspecified atom stereocenters. The maximum Gasteiger partial charge on any atom is 0.573 e. The maximum atomic E-state index is 16.1. The average Bonchev–Trinajstić information content (AvgIpc) is 3.18. The minimum atomic E-state index is -4.85. The van der Waals surface area contributed by atoms with Gasteiger partial charge in [0.15, 0.2) is 5.60 Å². The molecule has 3 aliphatic carbocycles. The lowest BCUT2D eigenvalue weighted by Crippen LogP contribution is -2.76. The van der Waals surface area contributed by atoms with Gasteiger partial charge in [-0.1, -0.05) is 12.1 Å². The Hall–Kier alpha value is -3.08. The minimum absolute atomic E-state index is 0.0540. The molecule has 2 bridgehead atoms. The van der Waals surface area contributed by atoms with Crippen LogP contribution in [0.15, 0.2) is 61.2 Å². The van der Waals surface area contributed by atoms with E-state index in [2.05, 4.69) is 9.72 Å². The summed E-state index contributed by atoms with van der Waals surface area (Å²) < 4.78 is 103. The molecule has 1 N–H and O–H groups in total. The maximum absolute atomic E-state index is 16.1. The Morgan fingerprint density at radius 3 is 2.17 bits per heavy atom. The van der Waals surface area contributed by atoms with E-state index < -0.39 is 58.2 Å². The molecular formula is C24H19F7N2O2. The summed E-state index contributed by atoms with van der Waals surface area (Å²) in [7, 11) is 0. The third-order valence-electron chi connectivity index (χ3n) is 7.26. The van der Waals surface area contributed by atoms with Gasteiger partial charge < -0.3 is 14.4 Å². The summed E-state index contributed by atoms with van der Waals surface area (Å²) in [4.78, 5) is 3.78. The van der Waals surface area contributed by atoms with E-state index in [0.29, 0.717) is 11.6 Å². The summed E-state index contributed by atoms with van der Waals surface area (Å²) in [5.74, 6) is -6.52. The van der Waals surface area contributed by atoms with Gasteiger partial charge in [-0.2, -0.15) is 0 Å². The molecule has 1 aromatic heterocycles. The molecule has 3 aliphatic rings. The quantitative estimate of drug-likeness (QED) is 0.423. The van der Waals surface area contributed by atoms with Crippen molar-refractivity contribution in [2.75, 3.05) is 0 Å². The molecule has 3 saturated carbocycles. The van der Waals surface area contributed by atoms with Crippen molar-refractivity contribution in [3.8, 4) is 5.75 Å². The first-order chi connectivity index (χ1) is 16.3. The summed E-state index contributed by atoms with van der Waals surface area (Å²) in [6.45, 7) is -0.721. The van der Waals surface area contributed by atoms with Crippen LogP contribution in [0.5, 0.6) is 5.75 Å². The fourth-order valence-corrected chi connectivity index (χ4v) is 5.70. The van der Waals surface area contributed by atoms with Crippen molar-refractivity contribution in [2.24, 2.45) is 5.41 Å². The number of rotatable bonds is 7. The van der Waals surface area contributed by atoms with Crippen LogP contribution in [0.25, 0.3) is 0 Å². The molecule has 0 aliphatic heterocycles. The number of hydrogen-bond donors (Lipinski definition) is 1. The van der Waals surface area contributed by atoms with Crippen LogP contribution in [0.2, 0.25) is 0 Å². The van der Waals surface area contributed by atoms with Gasteiger partial charge >= 0.3 is 6.36 Å². The largest absolute Gasteiger partial charge is 0.573 e. The average molecular weight is 500 g/mol. The van der Waals surface area contributed by atoms with E-state index in [1.807, 2.05) is 0 Å². The first-order valence-corrected chi connectivity index (χ1v) is 10.7. The van der Waals surface area contributed by atoms with Crippen molar-refractivity contribution in [1.29, 1.82) is 0 Å². The molecule has 0 radical (unpaired) electrons. The van der Waals surface area contributed by atoms with Gasteiger partial charge in [0.05, 0.1) is 12.9 Å². The predicted octanol–water partition coefficient (Wildman–Crippen LogP) is 5.70. The van der Waals surface area contributed by atoms with Crippen molar-refractivity contribution in [1.82, 2.24) is 9.55 Å². The summed E-state index contributed by atoms with van der Waals surface area (Å²) in [6, 6.07) is 7.11. The molecule has 2 aromatic carbocycles. The fourth-order valence-electron chi connectivity index (χ4n) is 5.70. The van der Waals surface area contributed by atoms with Crippen LogP contribution in [0.1, 0.15) is 30.4 Å². The van der Waals surface area contributed by atoms with Gasteiger partial charge in [0, 0.05) is 29.4 Å². The Kier molecular flexibility index (Phi) is 5.04. The SMILES string of the molecule is O[C@@](Cn1ccnc1)(c1ccc(F)cc1F)C(F)(F)C12CC(c3ccc(OC(F)(F)F)cc3)(C1)C2. The zero-order chi connectivity index (χ0) is 25.3. The lowest BCUT2D eigenvalue weighted by molar-refractivity contribution is -0.347. The zero-order valence-corrected chi connectivity index (χ0v) is 18.0. The van der Waals surface area contributed by atoms with E-state index in [1.54, 1.807) is 0 Å². The van der Waals surface area contributed by atoms with E-state index >= 15 is 8.78 Å². The third-order valence-corrected chi connectivity index (χ3v) is 7.26. The van der Waals surface area contributed by atoms with Gasteiger partial charge in [0.25, 0.3) is 5.92 Å². The molecule has 186 valence electrons. The van der Waals surface area contributed by atoms with E-state index in [0.717, 1.165) is 24.3 Å². The summed E-state index contributed by atoms with van der Waals surface area (Å²) in [6.07, 6.45) is -1.14. The van der Waals surface area contributed by atoms with Crippen molar-refractivity contribution in [3.63, 3.8) is 0 Å². The second kappa shape index (κ2) is 7.46. The smallest absolute Gasteiger partial charge is 0.406 e. The fraction of sp³-hybridized carbons (Fsp3) is 0.375. The second-order valence-corrected chi connectivity index (χ2v) is 9.46. The lowest BCUT2D eigenvalue weighted by atomic mass is 9.30. The molecule has 3 aromatic rings. The summed E-state index contributed by atoms with van der Waals surface area (Å²) in [5, 5.41) is 11.4. The first kappa shape index (κ1) is 23.7. The first-order valence-electron chi connectivity index (χ1n) is 10.7. The Morgan fingerprint density at radius 1 is 0.971 bits per heavy atom. The highest BCUT2D eigenvalue weighted by Crippen LogP contribution is 2.80. The molecule has 11 heteroatoms. The highest BCUT2D eigenvalue weighted by atomic mass is 19.4. The van der Waals surface area contributed by atoms with Gasteiger partial charge in [-0.25, -0.2) is 22.5 Å². The molecule has 6 rings (SSSR count). The molecule has 0 amide bonds. The highest BCUT2D eigenvalue weighted by molar-refractivity contribution is 5.44. The van der Waals surface area contributed by atoms with E-state index in [1.165, 1.54) is 35.4 Å². The number of alkyl halides is 5. The molecule has 1 heterocycles. The van der Waals surface area contributed by atoms with Crippen LogP contribution in [0.3, 0.4) is 0 Å². The van der Waals surface area contributed by atoms with Crippen LogP contribution < -0.4 is 4.74 Å². The highest BCUT2D eigenvalue weighted by Gasteiger charge is 2.82. The normalized spacial score (nSPS) is 25.4. The van der Waals surface area contributed by atoms with Crippen LogP contribution in [-0.4, -0.2) is 26.9 Å². The number of halogens is 7. The van der Waals surface area contributed by atoms with Crippen molar-refractivity contribution in [2.45, 2.75) is 49.1 Å². The molecule has 0 saturated heterocycles. The third kappa shape index (κ3) is 3.59. The molecule has 0 spiro atoms. The summed E-state index contributed by atoms with van der Waals surface area (Å²) in [5.41, 5.74) is -5.51. The van der Waals surface area contributed by atoms with Crippen molar-refractivity contribution >= 4 is 0 Å². The van der Waals surface area contributed by atoms with Crippen molar-refractivity contribution in [3.05, 3.63) is 83.9 Å². The number of aliphatic hydroxyl groups is 1. The standard InChI is InChI=1S/C24H19F7N2O2/c25-16-3-6-18(19(26)9-16)22(34,13-33-8-7-32-14-33)23(27,28)21-10-20(11-21,12-21)15-1-4-17(5-2-15)35-24(29,30)31/h1-9,14,34H,10-13H2/t20?,21?,22-/m0/s1. The second-order valence-electron chi connectivity index (χ2n) is 9.46. The van der Waals surface area contributed by atoms with E-state index in [9.17, 15) is 27.1 Å².